The number of hydrogen-bond donors (Lipinski definition) is 1. The van der Waals surface area contributed by atoms with Crippen molar-refractivity contribution in [1.29, 1.82) is 0 Å². The maximum Gasteiger partial charge on any atom is 0.416 e. The molecule has 2 aromatic heterocycles. The van der Waals surface area contributed by atoms with E-state index in [4.69, 9.17) is 4.74 Å². The Morgan fingerprint density at radius 2 is 1.69 bits per heavy atom. The van der Waals surface area contributed by atoms with Crippen molar-refractivity contribution in [2.75, 3.05) is 12.4 Å². The molecule has 0 radical (unpaired) electrons. The highest BCUT2D eigenvalue weighted by Gasteiger charge is 2.30. The number of nitrogens with one attached hydrogen (secondary N) is 1. The first-order chi connectivity index (χ1) is 15.2. The summed E-state index contributed by atoms with van der Waals surface area (Å²) in [4.78, 5) is 4.61. The lowest BCUT2D eigenvalue weighted by Gasteiger charge is -2.14. The van der Waals surface area contributed by atoms with Crippen LogP contribution in [0.1, 0.15) is 22.4 Å². The van der Waals surface area contributed by atoms with Crippen molar-refractivity contribution < 1.29 is 17.9 Å². The number of ether oxygens (including phenoxy) is 1. The van der Waals surface area contributed by atoms with Crippen LogP contribution in [-0.2, 0) is 6.18 Å². The van der Waals surface area contributed by atoms with Gasteiger partial charge in [0.05, 0.1) is 24.1 Å². The fourth-order valence-corrected chi connectivity index (χ4v) is 3.62. The van der Waals surface area contributed by atoms with Gasteiger partial charge in [-0.25, -0.2) is 9.67 Å². The first kappa shape index (κ1) is 21.4. The maximum absolute atomic E-state index is 12.8. The highest BCUT2D eigenvalue weighted by Crippen LogP contribution is 2.32. The standard InChI is InChI=1S/C24H21F3N4O/c1-14-21(15(2)29-18-7-5-17(6-8-18)24(25,26)27)13-28-23-22(14)16(3)30-31(23)19-9-11-20(32-4)12-10-19/h5-13,29H,2H2,1,3-4H3. The highest BCUT2D eigenvalue weighted by molar-refractivity contribution is 5.89. The molecule has 0 atom stereocenters. The van der Waals surface area contributed by atoms with E-state index < -0.39 is 11.7 Å². The van der Waals surface area contributed by atoms with Crippen LogP contribution in [0.3, 0.4) is 0 Å². The molecule has 1 N–H and O–H groups in total. The number of benzene rings is 2. The Kier molecular flexibility index (Phi) is 5.38. The molecule has 0 unspecified atom stereocenters. The van der Waals surface area contributed by atoms with Gasteiger partial charge < -0.3 is 10.1 Å². The summed E-state index contributed by atoms with van der Waals surface area (Å²) in [5, 5.41) is 8.62. The topological polar surface area (TPSA) is 52.0 Å². The van der Waals surface area contributed by atoms with Crippen LogP contribution in [0.2, 0.25) is 0 Å². The number of halogens is 3. The Balaban J connectivity index is 1.66. The number of hydrogen-bond acceptors (Lipinski definition) is 4. The molecule has 4 rings (SSSR count). The van der Waals surface area contributed by atoms with E-state index in [1.807, 2.05) is 38.1 Å². The zero-order valence-corrected chi connectivity index (χ0v) is 17.8. The highest BCUT2D eigenvalue weighted by atomic mass is 19.4. The summed E-state index contributed by atoms with van der Waals surface area (Å²) in [5.41, 5.74) is 4.40. The molecule has 0 aliphatic carbocycles. The smallest absolute Gasteiger partial charge is 0.416 e. The average molecular weight is 438 g/mol. The fourth-order valence-electron chi connectivity index (χ4n) is 3.62. The van der Waals surface area contributed by atoms with Gasteiger partial charge in [0.2, 0.25) is 0 Å². The van der Waals surface area contributed by atoms with Crippen molar-refractivity contribution in [2.45, 2.75) is 20.0 Å². The number of pyridine rings is 1. The molecule has 2 aromatic carbocycles. The second kappa shape index (κ2) is 8.03. The van der Waals surface area contributed by atoms with Crippen LogP contribution in [0.5, 0.6) is 5.75 Å². The molecule has 0 fully saturated rings. The summed E-state index contributed by atoms with van der Waals surface area (Å²) in [6.45, 7) is 7.92. The van der Waals surface area contributed by atoms with E-state index in [-0.39, 0.29) is 0 Å². The Labute approximate surface area is 183 Å². The lowest BCUT2D eigenvalue weighted by atomic mass is 10.0. The van der Waals surface area contributed by atoms with Crippen LogP contribution < -0.4 is 10.1 Å². The van der Waals surface area contributed by atoms with Gasteiger partial charge in [0.1, 0.15) is 5.75 Å². The van der Waals surface area contributed by atoms with Crippen molar-refractivity contribution in [1.82, 2.24) is 14.8 Å². The number of methoxy groups -OCH3 is 1. The van der Waals surface area contributed by atoms with Crippen LogP contribution in [0.15, 0.2) is 61.3 Å². The summed E-state index contributed by atoms with van der Waals surface area (Å²) in [7, 11) is 1.61. The van der Waals surface area contributed by atoms with Crippen LogP contribution in [-0.4, -0.2) is 21.9 Å². The molecule has 0 spiro atoms. The maximum atomic E-state index is 12.8. The quantitative estimate of drug-likeness (QED) is 0.406. The predicted octanol–water partition coefficient (Wildman–Crippen LogP) is 6.15. The number of alkyl halides is 3. The van der Waals surface area contributed by atoms with Crippen LogP contribution in [0.4, 0.5) is 18.9 Å². The van der Waals surface area contributed by atoms with E-state index in [0.717, 1.165) is 45.8 Å². The molecule has 0 aliphatic heterocycles. The molecule has 8 heteroatoms. The number of aryl methyl sites for hydroxylation is 2. The summed E-state index contributed by atoms with van der Waals surface area (Å²) >= 11 is 0. The van der Waals surface area contributed by atoms with Crippen molar-refractivity contribution in [2.24, 2.45) is 0 Å². The van der Waals surface area contributed by atoms with Gasteiger partial charge in [-0.2, -0.15) is 18.3 Å². The molecule has 32 heavy (non-hydrogen) atoms. The van der Waals surface area contributed by atoms with Gasteiger partial charge in [0, 0.05) is 28.5 Å². The van der Waals surface area contributed by atoms with Crippen LogP contribution in [0, 0.1) is 13.8 Å². The molecular weight excluding hydrogens is 417 g/mol. The zero-order chi connectivity index (χ0) is 23.0. The average Bonchev–Trinajstić information content (AvgIpc) is 3.11. The first-order valence-corrected chi connectivity index (χ1v) is 9.82. The minimum absolute atomic E-state index is 0.508. The summed E-state index contributed by atoms with van der Waals surface area (Å²) in [6, 6.07) is 12.3. The third-order valence-electron chi connectivity index (χ3n) is 5.28. The molecule has 5 nitrogen and oxygen atoms in total. The second-order valence-electron chi connectivity index (χ2n) is 7.37. The van der Waals surface area contributed by atoms with E-state index in [1.54, 1.807) is 18.0 Å². The lowest BCUT2D eigenvalue weighted by Crippen LogP contribution is -2.05. The predicted molar refractivity (Wildman–Crippen MR) is 119 cm³/mol. The van der Waals surface area contributed by atoms with E-state index in [0.29, 0.717) is 17.0 Å². The third-order valence-corrected chi connectivity index (χ3v) is 5.28. The minimum atomic E-state index is -4.37. The fraction of sp³-hybridized carbons (Fsp3) is 0.167. The van der Waals surface area contributed by atoms with Gasteiger partial charge in [-0.15, -0.1) is 0 Å². The van der Waals surface area contributed by atoms with Gasteiger partial charge in [0.25, 0.3) is 0 Å². The van der Waals surface area contributed by atoms with Crippen LogP contribution >= 0.6 is 0 Å². The van der Waals surface area contributed by atoms with E-state index in [2.05, 4.69) is 22.0 Å². The number of nitrogens with zero attached hydrogens (tertiary/aromatic N) is 3. The van der Waals surface area contributed by atoms with Gasteiger partial charge in [0.15, 0.2) is 5.65 Å². The van der Waals surface area contributed by atoms with Crippen molar-refractivity contribution in [3.63, 3.8) is 0 Å². The summed E-state index contributed by atoms with van der Waals surface area (Å²) in [6.07, 6.45) is -2.68. The van der Waals surface area contributed by atoms with Crippen molar-refractivity contribution in [3.8, 4) is 11.4 Å². The van der Waals surface area contributed by atoms with Crippen molar-refractivity contribution >= 4 is 22.4 Å². The van der Waals surface area contributed by atoms with Crippen LogP contribution in [0.25, 0.3) is 22.4 Å². The molecule has 4 aromatic rings. The van der Waals surface area contributed by atoms with Gasteiger partial charge in [-0.3, -0.25) is 0 Å². The monoisotopic (exact) mass is 438 g/mol. The molecular formula is C24H21F3N4O. The summed E-state index contributed by atoms with van der Waals surface area (Å²) in [5.74, 6) is 0.749. The number of fused-ring (bicyclic) bond motifs is 1. The molecule has 0 amide bonds. The van der Waals surface area contributed by atoms with Gasteiger partial charge in [-0.1, -0.05) is 6.58 Å². The molecule has 0 bridgehead atoms. The van der Waals surface area contributed by atoms with Gasteiger partial charge in [-0.05, 0) is 67.9 Å². The van der Waals surface area contributed by atoms with Gasteiger partial charge >= 0.3 is 6.18 Å². The Hall–Kier alpha value is -3.81. The molecule has 2 heterocycles. The molecule has 164 valence electrons. The third kappa shape index (κ3) is 3.91. The minimum Gasteiger partial charge on any atom is -0.497 e. The van der Waals surface area contributed by atoms with E-state index in [1.165, 1.54) is 12.1 Å². The largest absolute Gasteiger partial charge is 0.497 e. The number of anilines is 1. The van der Waals surface area contributed by atoms with Crippen molar-refractivity contribution in [3.05, 3.63) is 83.7 Å². The summed E-state index contributed by atoms with van der Waals surface area (Å²) < 4.78 is 45.3. The molecule has 0 saturated carbocycles. The second-order valence-corrected chi connectivity index (χ2v) is 7.37. The Morgan fingerprint density at radius 1 is 1.03 bits per heavy atom. The number of rotatable bonds is 5. The van der Waals surface area contributed by atoms with E-state index >= 15 is 0 Å². The number of aromatic nitrogens is 3. The lowest BCUT2D eigenvalue weighted by molar-refractivity contribution is -0.137. The Bertz CT molecular complexity index is 1290. The SMILES string of the molecule is C=C(Nc1ccc(C(F)(F)F)cc1)c1cnc2c(c(C)nn2-c2ccc(OC)cc2)c1C. The Morgan fingerprint density at radius 3 is 2.28 bits per heavy atom. The first-order valence-electron chi connectivity index (χ1n) is 9.82. The van der Waals surface area contributed by atoms with E-state index in [9.17, 15) is 13.2 Å². The normalized spacial score (nSPS) is 11.6. The zero-order valence-electron chi connectivity index (χ0n) is 17.8. The molecule has 0 saturated heterocycles. The molecule has 0 aliphatic rings.